The molecule has 0 heterocycles. The van der Waals surface area contributed by atoms with Crippen LogP contribution in [0.2, 0.25) is 0 Å². The number of ether oxygens (including phenoxy) is 3. The molecule has 1 amide bonds. The second-order valence-electron chi connectivity index (χ2n) is 7.42. The second kappa shape index (κ2) is 11.5. The molecule has 0 bridgehead atoms. The topological polar surface area (TPSA) is 115 Å². The molecule has 0 aromatic heterocycles. The first-order chi connectivity index (χ1) is 16.4. The molecular weight excluding hydrogens is 434 g/mol. The zero-order valence-electron chi connectivity index (χ0n) is 19.4. The fourth-order valence-corrected chi connectivity index (χ4v) is 3.33. The van der Waals surface area contributed by atoms with E-state index in [0.29, 0.717) is 35.9 Å². The number of phenolic OH excluding ortho intramolecular Hbond substituents is 1. The van der Waals surface area contributed by atoms with Crippen molar-refractivity contribution >= 4 is 23.0 Å². The number of hydrogen-bond donors (Lipinski definition) is 4. The standard InChI is InChI=1S/C26H29N3O5/c1-32-22-14-19(15-23(33-2)26(22)34-3)28-16-18-7-4-6-17(10-11-18)12-13-24(31)29-20-8-5-9-21(30)25(20)27/h4-5,7-15,28,30H,6,16,27H2,1-3H3,(H,29,31)/b13-12+. The molecule has 1 aliphatic carbocycles. The first-order valence-corrected chi connectivity index (χ1v) is 10.6. The van der Waals surface area contributed by atoms with Gasteiger partial charge in [-0.15, -0.1) is 0 Å². The van der Waals surface area contributed by atoms with E-state index in [4.69, 9.17) is 19.9 Å². The zero-order chi connectivity index (χ0) is 24.5. The van der Waals surface area contributed by atoms with Crippen molar-refractivity contribution in [3.8, 4) is 23.0 Å². The van der Waals surface area contributed by atoms with E-state index in [1.54, 1.807) is 39.5 Å². The van der Waals surface area contributed by atoms with Crippen molar-refractivity contribution in [2.75, 3.05) is 44.2 Å². The number of nitrogen functional groups attached to an aromatic ring is 1. The number of aromatic hydroxyl groups is 1. The van der Waals surface area contributed by atoms with Gasteiger partial charge in [-0.25, -0.2) is 0 Å². The molecule has 0 radical (unpaired) electrons. The maximum absolute atomic E-state index is 12.2. The minimum absolute atomic E-state index is 0.0730. The number of benzene rings is 2. The first kappa shape index (κ1) is 24.3. The number of carbonyl (C=O) groups is 1. The Morgan fingerprint density at radius 3 is 2.53 bits per heavy atom. The Labute approximate surface area is 199 Å². The normalized spacial score (nSPS) is 13.0. The molecule has 2 aromatic carbocycles. The number of rotatable bonds is 9. The van der Waals surface area contributed by atoms with Gasteiger partial charge in [0.25, 0.3) is 0 Å². The highest BCUT2D eigenvalue weighted by Gasteiger charge is 2.13. The van der Waals surface area contributed by atoms with Crippen molar-refractivity contribution in [3.05, 3.63) is 77.9 Å². The number of carbonyl (C=O) groups excluding carboxylic acids is 1. The van der Waals surface area contributed by atoms with Gasteiger partial charge in [0.2, 0.25) is 11.7 Å². The maximum Gasteiger partial charge on any atom is 0.248 e. The van der Waals surface area contributed by atoms with E-state index in [1.165, 1.54) is 12.1 Å². The van der Waals surface area contributed by atoms with Crippen LogP contribution in [0.4, 0.5) is 17.1 Å². The minimum atomic E-state index is -0.334. The third-order valence-electron chi connectivity index (χ3n) is 5.15. The number of nitrogens with two attached hydrogens (primary N) is 1. The smallest absolute Gasteiger partial charge is 0.248 e. The lowest BCUT2D eigenvalue weighted by Gasteiger charge is -2.15. The average molecular weight is 464 g/mol. The van der Waals surface area contributed by atoms with E-state index in [0.717, 1.165) is 16.8 Å². The number of para-hydroxylation sites is 1. The number of anilines is 3. The lowest BCUT2D eigenvalue weighted by atomic mass is 10.1. The first-order valence-electron chi connectivity index (χ1n) is 10.6. The fourth-order valence-electron chi connectivity index (χ4n) is 3.33. The van der Waals surface area contributed by atoms with Crippen molar-refractivity contribution in [1.29, 1.82) is 0 Å². The summed E-state index contributed by atoms with van der Waals surface area (Å²) in [5.74, 6) is 1.29. The molecule has 0 saturated carbocycles. The summed E-state index contributed by atoms with van der Waals surface area (Å²) < 4.78 is 16.2. The van der Waals surface area contributed by atoms with Crippen molar-refractivity contribution in [2.45, 2.75) is 6.42 Å². The van der Waals surface area contributed by atoms with Crippen LogP contribution in [0.5, 0.6) is 23.0 Å². The Morgan fingerprint density at radius 1 is 1.12 bits per heavy atom. The van der Waals surface area contributed by atoms with Crippen LogP contribution in [0, 0.1) is 0 Å². The quantitative estimate of drug-likeness (QED) is 0.247. The van der Waals surface area contributed by atoms with E-state index in [1.807, 2.05) is 36.4 Å². The van der Waals surface area contributed by atoms with Crippen LogP contribution < -0.4 is 30.6 Å². The van der Waals surface area contributed by atoms with Gasteiger partial charge < -0.3 is 35.7 Å². The van der Waals surface area contributed by atoms with E-state index >= 15 is 0 Å². The van der Waals surface area contributed by atoms with Gasteiger partial charge in [-0.2, -0.15) is 0 Å². The van der Waals surface area contributed by atoms with E-state index in [9.17, 15) is 9.90 Å². The summed E-state index contributed by atoms with van der Waals surface area (Å²) in [6.45, 7) is 0.583. The van der Waals surface area contributed by atoms with Gasteiger partial charge in [0, 0.05) is 30.4 Å². The SMILES string of the molecule is COc1cc(NCC2=CC=C(/C=C/C(=O)Nc3cccc(O)c3N)CC=C2)cc(OC)c1OC. The van der Waals surface area contributed by atoms with Gasteiger partial charge in [-0.3, -0.25) is 4.79 Å². The van der Waals surface area contributed by atoms with Crippen molar-refractivity contribution in [2.24, 2.45) is 0 Å². The van der Waals surface area contributed by atoms with Crippen molar-refractivity contribution in [3.63, 3.8) is 0 Å². The zero-order valence-corrected chi connectivity index (χ0v) is 19.4. The summed E-state index contributed by atoms with van der Waals surface area (Å²) in [7, 11) is 4.73. The van der Waals surface area contributed by atoms with Crippen LogP contribution in [-0.4, -0.2) is 38.9 Å². The van der Waals surface area contributed by atoms with Crippen LogP contribution in [-0.2, 0) is 4.79 Å². The van der Waals surface area contributed by atoms with Crippen molar-refractivity contribution in [1.82, 2.24) is 0 Å². The van der Waals surface area contributed by atoms with Crippen LogP contribution in [0.25, 0.3) is 0 Å². The largest absolute Gasteiger partial charge is 0.506 e. The number of allylic oxidation sites excluding steroid dienone is 5. The lowest BCUT2D eigenvalue weighted by molar-refractivity contribution is -0.111. The van der Waals surface area contributed by atoms with Gasteiger partial charge in [0.1, 0.15) is 5.75 Å². The molecule has 0 saturated heterocycles. The Hall–Kier alpha value is -4.33. The van der Waals surface area contributed by atoms with Crippen LogP contribution in [0.3, 0.4) is 0 Å². The summed E-state index contributed by atoms with van der Waals surface area (Å²) in [6.07, 6.45) is 11.9. The summed E-state index contributed by atoms with van der Waals surface area (Å²) in [4.78, 5) is 12.2. The van der Waals surface area contributed by atoms with Gasteiger partial charge in [-0.1, -0.05) is 36.4 Å². The highest BCUT2D eigenvalue weighted by atomic mass is 16.5. The highest BCUT2D eigenvalue weighted by molar-refractivity contribution is 6.02. The van der Waals surface area contributed by atoms with E-state index < -0.39 is 0 Å². The van der Waals surface area contributed by atoms with Crippen LogP contribution >= 0.6 is 0 Å². The Balaban J connectivity index is 1.63. The molecule has 0 atom stereocenters. The van der Waals surface area contributed by atoms with E-state index in [2.05, 4.69) is 10.6 Å². The molecule has 8 nitrogen and oxygen atoms in total. The second-order valence-corrected chi connectivity index (χ2v) is 7.42. The molecule has 34 heavy (non-hydrogen) atoms. The molecule has 5 N–H and O–H groups in total. The molecule has 2 aromatic rings. The number of amides is 1. The Kier molecular flexibility index (Phi) is 8.23. The Morgan fingerprint density at radius 2 is 1.85 bits per heavy atom. The predicted octanol–water partition coefficient (Wildman–Crippen LogP) is 4.42. The molecule has 0 spiro atoms. The monoisotopic (exact) mass is 463 g/mol. The number of nitrogens with one attached hydrogen (secondary N) is 2. The average Bonchev–Trinajstić information content (AvgIpc) is 3.08. The number of phenols is 1. The maximum atomic E-state index is 12.2. The van der Waals surface area contributed by atoms with E-state index in [-0.39, 0.29) is 17.3 Å². The molecule has 0 fully saturated rings. The molecular formula is C26H29N3O5. The summed E-state index contributed by atoms with van der Waals surface area (Å²) in [5, 5.41) is 15.7. The molecule has 3 rings (SSSR count). The summed E-state index contributed by atoms with van der Waals surface area (Å²) >= 11 is 0. The van der Waals surface area contributed by atoms with Gasteiger partial charge in [0.15, 0.2) is 11.5 Å². The Bertz CT molecular complexity index is 1140. The molecule has 1 aliphatic rings. The van der Waals surface area contributed by atoms with Gasteiger partial charge >= 0.3 is 0 Å². The summed E-state index contributed by atoms with van der Waals surface area (Å²) in [6, 6.07) is 8.41. The third kappa shape index (κ3) is 6.13. The predicted molar refractivity (Wildman–Crippen MR) is 135 cm³/mol. The molecule has 0 aliphatic heterocycles. The fraction of sp³-hybridized carbons (Fsp3) is 0.192. The molecule has 178 valence electrons. The lowest BCUT2D eigenvalue weighted by Crippen LogP contribution is -2.09. The van der Waals surface area contributed by atoms with Crippen molar-refractivity contribution < 1.29 is 24.1 Å². The number of hydrogen-bond acceptors (Lipinski definition) is 7. The number of methoxy groups -OCH3 is 3. The molecule has 0 unspecified atom stereocenters. The van der Waals surface area contributed by atoms with Crippen LogP contribution in [0.1, 0.15) is 6.42 Å². The minimum Gasteiger partial charge on any atom is -0.506 e. The van der Waals surface area contributed by atoms with Crippen LogP contribution in [0.15, 0.2) is 77.9 Å². The third-order valence-corrected chi connectivity index (χ3v) is 5.15. The van der Waals surface area contributed by atoms with Gasteiger partial charge in [0.05, 0.1) is 32.7 Å². The summed E-state index contributed by atoms with van der Waals surface area (Å²) in [5.41, 5.74) is 9.15. The molecule has 8 heteroatoms. The highest BCUT2D eigenvalue weighted by Crippen LogP contribution is 2.40. The van der Waals surface area contributed by atoms with Gasteiger partial charge in [-0.05, 0) is 29.7 Å².